The predicted octanol–water partition coefficient (Wildman–Crippen LogP) is 4.47. The summed E-state index contributed by atoms with van der Waals surface area (Å²) in [6.45, 7) is 2.61. The number of hydrogen-bond donors (Lipinski definition) is 1. The van der Waals surface area contributed by atoms with Crippen LogP contribution in [0.15, 0.2) is 72.8 Å². The van der Waals surface area contributed by atoms with Gasteiger partial charge in [-0.05, 0) is 47.7 Å². The van der Waals surface area contributed by atoms with E-state index in [4.69, 9.17) is 0 Å². The standard InChI is InChI=1S/C25H22N2O2/c1-16-8-2-7-13-21(16)26-24(28)22-19-11-5-6-12-20(19)25(29)27-15-14-17-9-3-4-10-18(17)23(22)27/h2-13,22-23H,14-15H2,1H3,(H,26,28)/t22-,23+/m1/s1. The van der Waals surface area contributed by atoms with Gasteiger partial charge in [0, 0.05) is 17.8 Å². The van der Waals surface area contributed by atoms with Gasteiger partial charge in [-0.3, -0.25) is 9.59 Å². The molecular weight excluding hydrogens is 360 g/mol. The second-order valence-electron chi connectivity index (χ2n) is 7.76. The first-order valence-corrected chi connectivity index (χ1v) is 9.99. The van der Waals surface area contributed by atoms with Crippen LogP contribution >= 0.6 is 0 Å². The van der Waals surface area contributed by atoms with E-state index in [1.54, 1.807) is 0 Å². The van der Waals surface area contributed by atoms with Gasteiger partial charge in [-0.2, -0.15) is 0 Å². The molecule has 2 amide bonds. The number of aryl methyl sites for hydroxylation is 1. The number of benzene rings is 3. The minimum absolute atomic E-state index is 0.0139. The smallest absolute Gasteiger partial charge is 0.254 e. The zero-order valence-electron chi connectivity index (χ0n) is 16.3. The molecule has 2 atom stereocenters. The van der Waals surface area contributed by atoms with Crippen LogP contribution in [0.3, 0.4) is 0 Å². The average molecular weight is 382 g/mol. The molecule has 4 heteroatoms. The largest absolute Gasteiger partial charge is 0.330 e. The highest BCUT2D eigenvalue weighted by Gasteiger charge is 2.46. The van der Waals surface area contributed by atoms with Crippen LogP contribution in [0.2, 0.25) is 0 Å². The third-order valence-electron chi connectivity index (χ3n) is 6.12. The highest BCUT2D eigenvalue weighted by atomic mass is 16.2. The van der Waals surface area contributed by atoms with Gasteiger partial charge in [0.25, 0.3) is 5.91 Å². The second-order valence-corrected chi connectivity index (χ2v) is 7.76. The lowest BCUT2D eigenvalue weighted by atomic mass is 9.76. The molecule has 0 saturated carbocycles. The Balaban J connectivity index is 1.64. The third kappa shape index (κ3) is 2.83. The maximum atomic E-state index is 13.6. The highest BCUT2D eigenvalue weighted by Crippen LogP contribution is 2.46. The monoisotopic (exact) mass is 382 g/mol. The summed E-state index contributed by atoms with van der Waals surface area (Å²) in [5, 5.41) is 3.12. The topological polar surface area (TPSA) is 49.4 Å². The van der Waals surface area contributed by atoms with Crippen molar-refractivity contribution in [3.63, 3.8) is 0 Å². The normalized spacial score (nSPS) is 19.8. The van der Waals surface area contributed by atoms with Crippen molar-refractivity contribution >= 4 is 17.5 Å². The molecule has 3 aromatic carbocycles. The van der Waals surface area contributed by atoms with Gasteiger partial charge in [-0.25, -0.2) is 0 Å². The van der Waals surface area contributed by atoms with E-state index in [0.29, 0.717) is 12.1 Å². The van der Waals surface area contributed by atoms with Gasteiger partial charge >= 0.3 is 0 Å². The molecule has 2 aliphatic heterocycles. The molecule has 0 spiro atoms. The van der Waals surface area contributed by atoms with Crippen molar-refractivity contribution in [1.82, 2.24) is 4.90 Å². The van der Waals surface area contributed by atoms with Crippen molar-refractivity contribution in [3.05, 3.63) is 101 Å². The maximum absolute atomic E-state index is 13.6. The van der Waals surface area contributed by atoms with Crippen molar-refractivity contribution < 1.29 is 9.59 Å². The Morgan fingerprint density at radius 3 is 2.45 bits per heavy atom. The third-order valence-corrected chi connectivity index (χ3v) is 6.12. The Kier molecular flexibility index (Phi) is 4.20. The van der Waals surface area contributed by atoms with Crippen LogP contribution in [0.25, 0.3) is 0 Å². The van der Waals surface area contributed by atoms with Crippen molar-refractivity contribution in [1.29, 1.82) is 0 Å². The van der Waals surface area contributed by atoms with E-state index in [1.165, 1.54) is 5.56 Å². The fourth-order valence-corrected chi connectivity index (χ4v) is 4.68. The number of nitrogens with zero attached hydrogens (tertiary/aromatic N) is 1. The van der Waals surface area contributed by atoms with E-state index in [2.05, 4.69) is 17.4 Å². The van der Waals surface area contributed by atoms with Crippen LogP contribution in [-0.2, 0) is 11.2 Å². The average Bonchev–Trinajstić information content (AvgIpc) is 2.75. The van der Waals surface area contributed by atoms with Crippen molar-refractivity contribution in [2.24, 2.45) is 0 Å². The Labute approximate surface area is 170 Å². The summed E-state index contributed by atoms with van der Waals surface area (Å²) in [6, 6.07) is 23.2. The molecule has 2 heterocycles. The first-order chi connectivity index (χ1) is 14.1. The van der Waals surface area contributed by atoms with Crippen molar-refractivity contribution in [2.75, 3.05) is 11.9 Å². The van der Waals surface area contributed by atoms with Crippen LogP contribution in [-0.4, -0.2) is 23.3 Å². The molecule has 2 aliphatic rings. The Morgan fingerprint density at radius 2 is 1.62 bits per heavy atom. The van der Waals surface area contributed by atoms with Gasteiger partial charge < -0.3 is 10.2 Å². The quantitative estimate of drug-likeness (QED) is 0.711. The van der Waals surface area contributed by atoms with Gasteiger partial charge in [-0.15, -0.1) is 0 Å². The number of carbonyl (C=O) groups excluding carboxylic acids is 2. The van der Waals surface area contributed by atoms with E-state index < -0.39 is 5.92 Å². The molecule has 0 aromatic heterocycles. The fraction of sp³-hybridized carbons (Fsp3) is 0.200. The van der Waals surface area contributed by atoms with Gasteiger partial charge in [-0.1, -0.05) is 60.7 Å². The van der Waals surface area contributed by atoms with Gasteiger partial charge in [0.15, 0.2) is 0 Å². The Bertz CT molecular complexity index is 1120. The van der Waals surface area contributed by atoms with Crippen molar-refractivity contribution in [2.45, 2.75) is 25.3 Å². The molecule has 0 unspecified atom stereocenters. The number of anilines is 1. The summed E-state index contributed by atoms with van der Waals surface area (Å²) in [5.41, 5.74) is 5.56. The number of fused-ring (bicyclic) bond motifs is 4. The second kappa shape index (κ2) is 6.89. The van der Waals surface area contributed by atoms with Crippen LogP contribution in [0, 0.1) is 6.92 Å². The minimum atomic E-state index is -0.454. The van der Waals surface area contributed by atoms with E-state index in [0.717, 1.165) is 28.8 Å². The lowest BCUT2D eigenvalue weighted by Crippen LogP contribution is -2.49. The molecule has 4 nitrogen and oxygen atoms in total. The summed E-state index contributed by atoms with van der Waals surface area (Å²) >= 11 is 0. The Morgan fingerprint density at radius 1 is 0.931 bits per heavy atom. The summed E-state index contributed by atoms with van der Waals surface area (Å²) < 4.78 is 0. The number of nitrogens with one attached hydrogen (secondary N) is 1. The molecule has 0 radical (unpaired) electrons. The number of para-hydroxylation sites is 1. The lowest BCUT2D eigenvalue weighted by molar-refractivity contribution is -0.119. The van der Waals surface area contributed by atoms with Crippen LogP contribution in [0.1, 0.15) is 44.6 Å². The molecule has 0 bridgehead atoms. The number of rotatable bonds is 2. The zero-order valence-corrected chi connectivity index (χ0v) is 16.3. The summed E-state index contributed by atoms with van der Waals surface area (Å²) in [7, 11) is 0. The SMILES string of the molecule is Cc1ccccc1NC(=O)[C@@H]1c2ccccc2C(=O)N2CCc3ccccc3[C@@H]12. The molecule has 5 rings (SSSR count). The van der Waals surface area contributed by atoms with Gasteiger partial charge in [0.2, 0.25) is 5.91 Å². The van der Waals surface area contributed by atoms with Crippen LogP contribution < -0.4 is 5.32 Å². The lowest BCUT2D eigenvalue weighted by Gasteiger charge is -2.45. The molecule has 3 aromatic rings. The molecule has 1 N–H and O–H groups in total. The van der Waals surface area contributed by atoms with Gasteiger partial charge in [0.05, 0.1) is 12.0 Å². The Hall–Kier alpha value is -3.40. The number of amides is 2. The minimum Gasteiger partial charge on any atom is -0.330 e. The first kappa shape index (κ1) is 17.7. The molecule has 144 valence electrons. The molecule has 0 aliphatic carbocycles. The highest BCUT2D eigenvalue weighted by molar-refractivity contribution is 6.04. The number of carbonyl (C=O) groups is 2. The molecule has 29 heavy (non-hydrogen) atoms. The fourth-order valence-electron chi connectivity index (χ4n) is 4.68. The van der Waals surface area contributed by atoms with Crippen LogP contribution in [0.4, 0.5) is 5.69 Å². The van der Waals surface area contributed by atoms with Crippen LogP contribution in [0.5, 0.6) is 0 Å². The molecule has 0 saturated heterocycles. The molecule has 0 fully saturated rings. The summed E-state index contributed by atoms with van der Waals surface area (Å²) in [6.07, 6.45) is 0.812. The summed E-state index contributed by atoms with van der Waals surface area (Å²) in [4.78, 5) is 28.7. The maximum Gasteiger partial charge on any atom is 0.254 e. The van der Waals surface area contributed by atoms with Gasteiger partial charge in [0.1, 0.15) is 0 Å². The van der Waals surface area contributed by atoms with E-state index >= 15 is 0 Å². The van der Waals surface area contributed by atoms with E-state index in [-0.39, 0.29) is 17.9 Å². The molecular formula is C25H22N2O2. The van der Waals surface area contributed by atoms with E-state index in [9.17, 15) is 9.59 Å². The van der Waals surface area contributed by atoms with Crippen molar-refractivity contribution in [3.8, 4) is 0 Å². The predicted molar refractivity (Wildman–Crippen MR) is 113 cm³/mol. The van der Waals surface area contributed by atoms with E-state index in [1.807, 2.05) is 72.5 Å². The first-order valence-electron chi connectivity index (χ1n) is 9.99. The summed E-state index contributed by atoms with van der Waals surface area (Å²) in [5.74, 6) is -0.518. The zero-order chi connectivity index (χ0) is 20.0. The number of hydrogen-bond acceptors (Lipinski definition) is 2.